The molecule has 7 nitrogen and oxygen atoms in total. The maximum Gasteiger partial charge on any atom is 0.335 e. The van der Waals surface area contributed by atoms with Gasteiger partial charge in [0.25, 0.3) is 0 Å². The summed E-state index contributed by atoms with van der Waals surface area (Å²) in [4.78, 5) is 26.9. The maximum absolute atomic E-state index is 14.1. The van der Waals surface area contributed by atoms with Crippen LogP contribution in [0.1, 0.15) is 46.0 Å². The zero-order valence-corrected chi connectivity index (χ0v) is 22.6. The van der Waals surface area contributed by atoms with Gasteiger partial charge in [-0.2, -0.15) is 0 Å². The first-order chi connectivity index (χ1) is 18.2. The number of unbranched alkanes of at least 4 members (excludes halogenated alkanes) is 2. The van der Waals surface area contributed by atoms with Crippen molar-refractivity contribution in [3.8, 4) is 17.2 Å². The number of esters is 1. The first kappa shape index (κ1) is 28.9. The van der Waals surface area contributed by atoms with Crippen molar-refractivity contribution in [1.82, 2.24) is 0 Å². The summed E-state index contributed by atoms with van der Waals surface area (Å²) in [5.41, 5.74) is 0. The van der Waals surface area contributed by atoms with E-state index in [0.717, 1.165) is 12.8 Å². The van der Waals surface area contributed by atoms with Crippen LogP contribution < -0.4 is 15.9 Å². The molecule has 0 spiro atoms. The zero-order chi connectivity index (χ0) is 27.7. The Balaban J connectivity index is 2.60. The molecule has 3 aromatic carbocycles. The fourth-order valence-electron chi connectivity index (χ4n) is 4.57. The molecule has 38 heavy (non-hydrogen) atoms. The minimum Gasteiger partial charge on any atom is -0.508 e. The molecule has 0 aliphatic carbocycles. The lowest BCUT2D eigenvalue weighted by Crippen LogP contribution is -2.40. The molecule has 0 radical (unpaired) electrons. The van der Waals surface area contributed by atoms with Crippen molar-refractivity contribution in [3.63, 3.8) is 0 Å². The Bertz CT molecular complexity index is 1160. The normalized spacial score (nSPS) is 12.1. The quantitative estimate of drug-likeness (QED) is 0.152. The summed E-state index contributed by atoms with van der Waals surface area (Å²) in [6.07, 6.45) is 3.00. The summed E-state index contributed by atoms with van der Waals surface area (Å²) >= 11 is 0. The summed E-state index contributed by atoms with van der Waals surface area (Å²) in [5.74, 6) is -2.87. The maximum atomic E-state index is 14.1. The second-order valence-corrected chi connectivity index (χ2v) is 12.5. The number of carboxylic acids is 1. The monoisotopic (exact) mass is 538 g/mol. The SMILES string of the molecule is CCCCOC(=O)C(C(CCCC)C(=O)O)=P(c1ccc(O)cc1)(c1ccc(O)cc1)c1ccc(O)cc1. The van der Waals surface area contributed by atoms with E-state index in [1.165, 1.54) is 36.4 Å². The molecule has 4 N–H and O–H groups in total. The molecule has 1 atom stereocenters. The van der Waals surface area contributed by atoms with Crippen LogP contribution in [0.4, 0.5) is 0 Å². The van der Waals surface area contributed by atoms with E-state index in [0.29, 0.717) is 28.8 Å². The summed E-state index contributed by atoms with van der Waals surface area (Å²) in [5, 5.41) is 42.8. The Kier molecular flexibility index (Phi) is 10.0. The van der Waals surface area contributed by atoms with Gasteiger partial charge in [-0.15, -0.1) is 0 Å². The molecule has 1 unspecified atom stereocenters. The number of aliphatic carboxylic acids is 1. The molecular formula is C30H35O7P. The van der Waals surface area contributed by atoms with Gasteiger partial charge in [0, 0.05) is 0 Å². The van der Waals surface area contributed by atoms with Gasteiger partial charge in [-0.3, -0.25) is 4.79 Å². The third kappa shape index (κ3) is 6.22. The van der Waals surface area contributed by atoms with E-state index < -0.39 is 24.7 Å². The second-order valence-electron chi connectivity index (χ2n) is 9.13. The van der Waals surface area contributed by atoms with Gasteiger partial charge < -0.3 is 25.2 Å². The van der Waals surface area contributed by atoms with Gasteiger partial charge in [0.1, 0.15) is 17.2 Å². The summed E-state index contributed by atoms with van der Waals surface area (Å²) in [6.45, 7) is 0.834. The van der Waals surface area contributed by atoms with Gasteiger partial charge in [0.15, 0.2) is 0 Å². The Hall–Kier alpha value is -3.70. The van der Waals surface area contributed by atoms with Crippen molar-refractivity contribution < 1.29 is 34.8 Å². The van der Waals surface area contributed by atoms with Crippen LogP contribution >= 0.6 is 6.89 Å². The van der Waals surface area contributed by atoms with Crippen LogP contribution in [0.3, 0.4) is 0 Å². The molecule has 3 rings (SSSR count). The topological polar surface area (TPSA) is 124 Å². The largest absolute Gasteiger partial charge is 0.508 e. The smallest absolute Gasteiger partial charge is 0.335 e. The average molecular weight is 539 g/mol. The van der Waals surface area contributed by atoms with Crippen molar-refractivity contribution in [3.05, 3.63) is 72.8 Å². The van der Waals surface area contributed by atoms with Crippen molar-refractivity contribution in [2.24, 2.45) is 5.92 Å². The van der Waals surface area contributed by atoms with Gasteiger partial charge in [0.2, 0.25) is 0 Å². The van der Waals surface area contributed by atoms with E-state index in [-0.39, 0.29) is 35.6 Å². The lowest BCUT2D eigenvalue weighted by Gasteiger charge is -2.34. The van der Waals surface area contributed by atoms with E-state index >= 15 is 0 Å². The molecule has 3 aromatic rings. The number of phenols is 3. The molecule has 0 heterocycles. The number of phenolic OH excluding ortho intramolecular Hbond substituents is 3. The van der Waals surface area contributed by atoms with Crippen molar-refractivity contribution in [1.29, 1.82) is 0 Å². The second kappa shape index (κ2) is 13.2. The standard InChI is InChI=1S/C30H35O7P/c1-3-5-7-27(29(34)35)28(30(36)37-20-6-4-2)38(24-14-8-21(31)9-15-24,25-16-10-22(32)11-17-25)26-18-12-23(33)13-19-26/h8-19,27,31-33H,3-7,20H2,1-2H3,(H,34,35). The van der Waals surface area contributed by atoms with Gasteiger partial charge in [-0.05, 0) is 72.0 Å². The molecular weight excluding hydrogens is 503 g/mol. The number of carboxylic acid groups (broad SMARTS) is 1. The van der Waals surface area contributed by atoms with Crippen molar-refractivity contribution >= 4 is 40.0 Å². The lowest BCUT2D eigenvalue weighted by atomic mass is 9.98. The number of benzene rings is 3. The van der Waals surface area contributed by atoms with Crippen molar-refractivity contribution in [2.75, 3.05) is 6.61 Å². The highest BCUT2D eigenvalue weighted by Gasteiger charge is 2.40. The zero-order valence-electron chi connectivity index (χ0n) is 21.7. The fraction of sp³-hybridized carbons (Fsp3) is 0.300. The minimum absolute atomic E-state index is 0.0242. The molecule has 0 bridgehead atoms. The molecule has 8 heteroatoms. The number of hydrogen-bond donors (Lipinski definition) is 4. The summed E-state index contributed by atoms with van der Waals surface area (Å²) in [6, 6.07) is 19.2. The lowest BCUT2D eigenvalue weighted by molar-refractivity contribution is -0.142. The number of ether oxygens (including phenoxy) is 1. The van der Waals surface area contributed by atoms with Gasteiger partial charge in [-0.1, -0.05) is 69.5 Å². The van der Waals surface area contributed by atoms with E-state index in [1.54, 1.807) is 36.4 Å². The highest BCUT2D eigenvalue weighted by molar-refractivity contribution is 7.96. The predicted octanol–water partition coefficient (Wildman–Crippen LogP) is 4.50. The predicted molar refractivity (Wildman–Crippen MR) is 152 cm³/mol. The third-order valence-electron chi connectivity index (χ3n) is 6.49. The summed E-state index contributed by atoms with van der Waals surface area (Å²) < 4.78 is 5.74. The molecule has 0 fully saturated rings. The van der Waals surface area contributed by atoms with Crippen LogP contribution in [0.5, 0.6) is 17.2 Å². The number of rotatable bonds is 12. The molecule has 0 aliphatic rings. The van der Waals surface area contributed by atoms with Gasteiger partial charge in [-0.25, -0.2) is 4.79 Å². The van der Waals surface area contributed by atoms with E-state index in [2.05, 4.69) is 0 Å². The minimum atomic E-state index is -3.25. The van der Waals surface area contributed by atoms with Crippen LogP contribution in [0.15, 0.2) is 72.8 Å². The first-order valence-electron chi connectivity index (χ1n) is 12.8. The number of aromatic hydroxyl groups is 3. The molecule has 0 amide bonds. The van der Waals surface area contributed by atoms with E-state index in [1.807, 2.05) is 13.8 Å². The van der Waals surface area contributed by atoms with Gasteiger partial charge >= 0.3 is 11.9 Å². The third-order valence-corrected chi connectivity index (χ3v) is 10.9. The van der Waals surface area contributed by atoms with Crippen LogP contribution in [-0.2, 0) is 14.3 Å². The Morgan fingerprint density at radius 3 is 1.45 bits per heavy atom. The van der Waals surface area contributed by atoms with E-state index in [9.17, 15) is 30.0 Å². The van der Waals surface area contributed by atoms with Crippen LogP contribution in [-0.4, -0.2) is 44.3 Å². The van der Waals surface area contributed by atoms with Gasteiger partial charge in [0.05, 0.1) is 17.8 Å². The highest BCUT2D eigenvalue weighted by Crippen LogP contribution is 2.49. The fourth-order valence-corrected chi connectivity index (χ4v) is 9.14. The van der Waals surface area contributed by atoms with Crippen LogP contribution in [0.2, 0.25) is 0 Å². The number of hydrogen-bond acceptors (Lipinski definition) is 6. The Labute approximate surface area is 223 Å². The summed E-state index contributed by atoms with van der Waals surface area (Å²) in [7, 11) is 0. The Morgan fingerprint density at radius 2 is 1.11 bits per heavy atom. The first-order valence-corrected chi connectivity index (χ1v) is 14.6. The molecule has 0 aliphatic heterocycles. The molecule has 0 saturated carbocycles. The highest BCUT2D eigenvalue weighted by atomic mass is 31.2. The van der Waals surface area contributed by atoms with Crippen LogP contribution in [0, 0.1) is 5.92 Å². The van der Waals surface area contributed by atoms with E-state index in [4.69, 9.17) is 4.74 Å². The Morgan fingerprint density at radius 1 is 0.711 bits per heavy atom. The molecule has 0 aromatic heterocycles. The molecule has 0 saturated heterocycles. The average Bonchev–Trinajstić information content (AvgIpc) is 2.90. The number of carbonyl (C=O) groups is 2. The van der Waals surface area contributed by atoms with Crippen LogP contribution in [0.25, 0.3) is 0 Å². The number of carbonyl (C=O) groups excluding carboxylic acids is 1. The molecule has 202 valence electrons. The van der Waals surface area contributed by atoms with Crippen molar-refractivity contribution in [2.45, 2.75) is 46.0 Å².